The number of piperazine rings is 1. The number of anilines is 4. The molecule has 2 saturated heterocycles. The van der Waals surface area contributed by atoms with Crippen molar-refractivity contribution in [3.8, 4) is 17.1 Å². The Morgan fingerprint density at radius 3 is 2.02 bits per heavy atom. The van der Waals surface area contributed by atoms with Crippen LogP contribution in [0, 0.1) is 0 Å². The molecule has 1 aromatic carbocycles. The number of imide groups is 1. The number of carbonyl (C=O) groups is 3. The van der Waals surface area contributed by atoms with E-state index in [1.807, 2.05) is 25.1 Å². The van der Waals surface area contributed by atoms with Crippen molar-refractivity contribution in [2.45, 2.75) is 98.5 Å². The van der Waals surface area contributed by atoms with Crippen molar-refractivity contribution in [2.75, 3.05) is 60.7 Å². The highest BCUT2D eigenvalue weighted by Gasteiger charge is 2.37. The van der Waals surface area contributed by atoms with Crippen molar-refractivity contribution >= 4 is 58.5 Å². The molecule has 59 heavy (non-hydrogen) atoms. The molecule has 3 aromatic heterocycles. The van der Waals surface area contributed by atoms with Crippen LogP contribution in [-0.2, 0) is 18.9 Å². The standard InChI is InChI=1S/C41H54ClN9O8/c1-11-20-56-31-21-26(12-13-30(31)48-18-16-47(17-19-48)27-24-55-25-27)50(36(52)57-39(2,3)4)35-34-43-14-15-49(34)23-29(46-35)28-22-44-32(42)33(45-28)51(37(53)58-40(5,6)7)38(54)59-41(8,9)10/h12-15,21-23,27H,11,16-20,24-25H2,1-10H3. The van der Waals surface area contributed by atoms with E-state index in [4.69, 9.17) is 40.3 Å². The van der Waals surface area contributed by atoms with Gasteiger partial charge in [0.1, 0.15) is 33.9 Å². The van der Waals surface area contributed by atoms with Crippen LogP contribution in [0.3, 0.4) is 0 Å². The first-order valence-electron chi connectivity index (χ1n) is 19.7. The Labute approximate surface area is 349 Å². The molecule has 18 heteroatoms. The predicted octanol–water partition coefficient (Wildman–Crippen LogP) is 7.90. The number of rotatable bonds is 9. The average molecular weight is 836 g/mol. The second-order valence-corrected chi connectivity index (χ2v) is 17.7. The molecule has 0 atom stereocenters. The van der Waals surface area contributed by atoms with E-state index in [2.05, 4.69) is 24.8 Å². The van der Waals surface area contributed by atoms with Gasteiger partial charge in [-0.3, -0.25) is 4.90 Å². The van der Waals surface area contributed by atoms with Crippen LogP contribution < -0.4 is 19.4 Å². The van der Waals surface area contributed by atoms with Crippen LogP contribution in [0.2, 0.25) is 5.15 Å². The highest BCUT2D eigenvalue weighted by Crippen LogP contribution is 2.39. The quantitative estimate of drug-likeness (QED) is 0.149. The number of imidazole rings is 1. The molecule has 0 radical (unpaired) electrons. The number of fused-ring (bicyclic) bond motifs is 1. The smallest absolute Gasteiger partial charge is 0.425 e. The number of hydrogen-bond acceptors (Lipinski definition) is 14. The molecule has 4 aromatic rings. The van der Waals surface area contributed by atoms with Crippen molar-refractivity contribution in [3.63, 3.8) is 0 Å². The Hall–Kier alpha value is -5.26. The number of nitrogens with zero attached hydrogens (tertiary/aromatic N) is 9. The summed E-state index contributed by atoms with van der Waals surface area (Å²) in [6, 6.07) is 6.05. The zero-order valence-corrected chi connectivity index (χ0v) is 36.2. The van der Waals surface area contributed by atoms with Crippen LogP contribution in [0.1, 0.15) is 75.7 Å². The third-order valence-electron chi connectivity index (χ3n) is 8.94. The Bertz CT molecular complexity index is 2140. The second kappa shape index (κ2) is 17.1. The number of carbonyl (C=O) groups excluding carboxylic acids is 3. The highest BCUT2D eigenvalue weighted by atomic mass is 35.5. The lowest BCUT2D eigenvalue weighted by Gasteiger charge is -2.43. The summed E-state index contributed by atoms with van der Waals surface area (Å²) in [4.78, 5) is 66.6. The summed E-state index contributed by atoms with van der Waals surface area (Å²) in [6.45, 7) is 22.7. The van der Waals surface area contributed by atoms with Crippen molar-refractivity contribution in [1.82, 2.24) is 29.2 Å². The van der Waals surface area contributed by atoms with Gasteiger partial charge in [0.25, 0.3) is 0 Å². The summed E-state index contributed by atoms with van der Waals surface area (Å²) in [6.07, 6.45) is 4.12. The van der Waals surface area contributed by atoms with E-state index in [0.717, 1.165) is 51.5 Å². The van der Waals surface area contributed by atoms with Crippen LogP contribution in [0.4, 0.5) is 37.4 Å². The number of aromatic nitrogens is 5. The van der Waals surface area contributed by atoms with E-state index in [1.165, 1.54) is 11.1 Å². The fourth-order valence-electron chi connectivity index (χ4n) is 6.30. The zero-order valence-electron chi connectivity index (χ0n) is 35.4. The van der Waals surface area contributed by atoms with Crippen LogP contribution in [0.25, 0.3) is 17.0 Å². The van der Waals surface area contributed by atoms with E-state index in [9.17, 15) is 14.4 Å². The number of benzene rings is 1. The van der Waals surface area contributed by atoms with E-state index >= 15 is 0 Å². The molecular weight excluding hydrogens is 782 g/mol. The van der Waals surface area contributed by atoms with Crippen molar-refractivity contribution in [3.05, 3.63) is 48.1 Å². The van der Waals surface area contributed by atoms with Gasteiger partial charge < -0.3 is 33.0 Å². The summed E-state index contributed by atoms with van der Waals surface area (Å²) in [5.41, 5.74) is -0.920. The summed E-state index contributed by atoms with van der Waals surface area (Å²) in [7, 11) is 0. The molecule has 0 spiro atoms. The molecule has 3 amide bonds. The molecule has 318 valence electrons. The maximum atomic E-state index is 14.4. The van der Waals surface area contributed by atoms with Crippen molar-refractivity contribution < 1.29 is 38.1 Å². The van der Waals surface area contributed by atoms with Crippen LogP contribution in [0.5, 0.6) is 5.75 Å². The molecule has 17 nitrogen and oxygen atoms in total. The Balaban J connectivity index is 1.45. The zero-order chi connectivity index (χ0) is 42.9. The first-order valence-corrected chi connectivity index (χ1v) is 20.1. The maximum absolute atomic E-state index is 14.4. The number of hydrogen-bond donors (Lipinski definition) is 0. The van der Waals surface area contributed by atoms with Crippen LogP contribution in [-0.4, -0.2) is 116 Å². The molecule has 0 bridgehead atoms. The monoisotopic (exact) mass is 835 g/mol. The number of ether oxygens (including phenoxy) is 5. The number of halogens is 1. The lowest BCUT2D eigenvalue weighted by molar-refractivity contribution is -0.0660. The Morgan fingerprint density at radius 2 is 1.44 bits per heavy atom. The summed E-state index contributed by atoms with van der Waals surface area (Å²) in [5.74, 6) is 0.356. The SMILES string of the molecule is CCCOc1cc(N(C(=O)OC(C)(C)C)c2nc(-c3cnc(Cl)c(N(C(=O)OC(C)(C)C)C(=O)OC(C)(C)C)n3)cn3ccnc23)ccc1N1CCN(C2COC2)CC1. The minimum Gasteiger partial charge on any atom is -0.491 e. The first kappa shape index (κ1) is 43.3. The van der Waals surface area contributed by atoms with Gasteiger partial charge >= 0.3 is 18.3 Å². The molecule has 5 heterocycles. The molecular formula is C41H54ClN9O8. The third kappa shape index (κ3) is 10.5. The van der Waals surface area contributed by atoms with Crippen LogP contribution >= 0.6 is 11.6 Å². The molecule has 2 aliphatic rings. The fourth-order valence-corrected chi connectivity index (χ4v) is 6.47. The van der Waals surface area contributed by atoms with E-state index in [0.29, 0.717) is 34.6 Å². The van der Waals surface area contributed by atoms with Crippen molar-refractivity contribution in [2.24, 2.45) is 0 Å². The minimum absolute atomic E-state index is 0.0948. The van der Waals surface area contributed by atoms with Crippen molar-refractivity contribution in [1.29, 1.82) is 0 Å². The minimum atomic E-state index is -1.07. The second-order valence-electron chi connectivity index (χ2n) is 17.3. The van der Waals surface area contributed by atoms with Gasteiger partial charge in [0.15, 0.2) is 22.4 Å². The molecule has 2 aliphatic heterocycles. The molecule has 0 saturated carbocycles. The van der Waals surface area contributed by atoms with Gasteiger partial charge in [0.05, 0.1) is 43.4 Å². The van der Waals surface area contributed by atoms with Gasteiger partial charge in [-0.05, 0) is 80.9 Å². The molecule has 0 N–H and O–H groups in total. The Morgan fingerprint density at radius 1 is 0.831 bits per heavy atom. The van der Waals surface area contributed by atoms with Gasteiger partial charge in [-0.25, -0.2) is 39.2 Å². The largest absolute Gasteiger partial charge is 0.491 e. The maximum Gasteiger partial charge on any atom is 0.425 e. The van der Waals surface area contributed by atoms with E-state index in [1.54, 1.807) is 85.3 Å². The summed E-state index contributed by atoms with van der Waals surface area (Å²) in [5, 5.41) is -0.275. The molecule has 0 unspecified atom stereocenters. The normalized spacial score (nSPS) is 15.4. The van der Waals surface area contributed by atoms with Crippen LogP contribution in [0.15, 0.2) is 43.0 Å². The molecule has 0 aliphatic carbocycles. The van der Waals surface area contributed by atoms with Gasteiger partial charge in [-0.2, -0.15) is 4.90 Å². The van der Waals surface area contributed by atoms with Gasteiger partial charge in [-0.15, -0.1) is 0 Å². The summed E-state index contributed by atoms with van der Waals surface area (Å²) >= 11 is 6.54. The molecule has 6 rings (SSSR count). The third-order valence-corrected chi connectivity index (χ3v) is 9.20. The lowest BCUT2D eigenvalue weighted by Crippen LogP contribution is -2.56. The predicted molar refractivity (Wildman–Crippen MR) is 223 cm³/mol. The topological polar surface area (TPSA) is 166 Å². The van der Waals surface area contributed by atoms with Gasteiger partial charge in [0, 0.05) is 50.8 Å². The molecule has 2 fully saturated rings. The first-order chi connectivity index (χ1) is 27.7. The fraction of sp³-hybridized carbons (Fsp3) is 0.537. The van der Waals surface area contributed by atoms with Gasteiger partial charge in [0.2, 0.25) is 0 Å². The van der Waals surface area contributed by atoms with E-state index < -0.39 is 35.1 Å². The Kier molecular flexibility index (Phi) is 12.6. The lowest BCUT2D eigenvalue weighted by atomic mass is 10.1. The average Bonchev–Trinajstić information content (AvgIpc) is 3.58. The summed E-state index contributed by atoms with van der Waals surface area (Å²) < 4.78 is 30.6. The van der Waals surface area contributed by atoms with E-state index in [-0.39, 0.29) is 28.2 Å². The highest BCUT2D eigenvalue weighted by molar-refractivity contribution is 6.33. The number of amides is 3. The van der Waals surface area contributed by atoms with Gasteiger partial charge in [-0.1, -0.05) is 18.5 Å².